The lowest BCUT2D eigenvalue weighted by Gasteiger charge is -2.22. The molecular formula is C41H31N. The number of rotatable bonds is 4. The number of para-hydroxylation sites is 1. The van der Waals surface area contributed by atoms with Gasteiger partial charge < -0.3 is 5.32 Å². The summed E-state index contributed by atoms with van der Waals surface area (Å²) >= 11 is 0. The van der Waals surface area contributed by atoms with Crippen LogP contribution in [0.3, 0.4) is 0 Å². The molecule has 0 radical (unpaired) electrons. The molecule has 0 spiro atoms. The predicted octanol–water partition coefficient (Wildman–Crippen LogP) is 11.4. The summed E-state index contributed by atoms with van der Waals surface area (Å²) in [6.07, 6.45) is 0. The number of benzene rings is 7. The Kier molecular flexibility index (Phi) is 5.55. The zero-order chi connectivity index (χ0) is 28.3. The largest absolute Gasteiger partial charge is 0.355 e. The number of hydrogen-bond acceptors (Lipinski definition) is 1. The quantitative estimate of drug-likeness (QED) is 0.220. The van der Waals surface area contributed by atoms with Gasteiger partial charge in [-0.2, -0.15) is 0 Å². The first-order valence-corrected chi connectivity index (χ1v) is 14.7. The molecule has 0 aromatic heterocycles. The Morgan fingerprint density at radius 1 is 0.452 bits per heavy atom. The van der Waals surface area contributed by atoms with Gasteiger partial charge in [-0.15, -0.1) is 0 Å². The Hall–Kier alpha value is -5.14. The Morgan fingerprint density at radius 2 is 1.17 bits per heavy atom. The Balaban J connectivity index is 1.24. The average Bonchev–Trinajstić information content (AvgIpc) is 3.27. The van der Waals surface area contributed by atoms with Gasteiger partial charge in [-0.3, -0.25) is 0 Å². The maximum Gasteiger partial charge on any atom is 0.0463 e. The van der Waals surface area contributed by atoms with Crippen molar-refractivity contribution in [3.63, 3.8) is 0 Å². The van der Waals surface area contributed by atoms with Crippen LogP contribution in [0.2, 0.25) is 0 Å². The van der Waals surface area contributed by atoms with Crippen LogP contribution in [0, 0.1) is 0 Å². The number of hydrogen-bond donors (Lipinski definition) is 1. The molecule has 0 atom stereocenters. The monoisotopic (exact) mass is 537 g/mol. The molecule has 42 heavy (non-hydrogen) atoms. The van der Waals surface area contributed by atoms with Crippen LogP contribution in [-0.4, -0.2) is 0 Å². The van der Waals surface area contributed by atoms with Crippen molar-refractivity contribution in [1.82, 2.24) is 0 Å². The molecule has 0 bridgehead atoms. The molecule has 1 aliphatic carbocycles. The average molecular weight is 538 g/mol. The molecule has 0 fully saturated rings. The van der Waals surface area contributed by atoms with Crippen LogP contribution < -0.4 is 5.32 Å². The second kappa shape index (κ2) is 9.46. The molecule has 0 aliphatic heterocycles. The first-order chi connectivity index (χ1) is 20.6. The van der Waals surface area contributed by atoms with Crippen LogP contribution in [0.4, 0.5) is 11.4 Å². The van der Waals surface area contributed by atoms with Crippen molar-refractivity contribution in [3.05, 3.63) is 157 Å². The van der Waals surface area contributed by atoms with E-state index in [0.717, 1.165) is 11.4 Å². The summed E-state index contributed by atoms with van der Waals surface area (Å²) in [4.78, 5) is 0. The normalized spacial score (nSPS) is 13.2. The van der Waals surface area contributed by atoms with E-state index < -0.39 is 0 Å². The van der Waals surface area contributed by atoms with Crippen molar-refractivity contribution in [2.24, 2.45) is 0 Å². The summed E-state index contributed by atoms with van der Waals surface area (Å²) in [6, 6.07) is 53.0. The van der Waals surface area contributed by atoms with Crippen molar-refractivity contribution in [1.29, 1.82) is 0 Å². The molecule has 1 N–H and O–H groups in total. The van der Waals surface area contributed by atoms with Gasteiger partial charge in [0.05, 0.1) is 0 Å². The van der Waals surface area contributed by atoms with Gasteiger partial charge >= 0.3 is 0 Å². The van der Waals surface area contributed by atoms with Crippen molar-refractivity contribution in [2.45, 2.75) is 19.3 Å². The zero-order valence-corrected chi connectivity index (χ0v) is 23.9. The minimum atomic E-state index is -0.110. The Morgan fingerprint density at radius 3 is 2.05 bits per heavy atom. The third-order valence-corrected chi connectivity index (χ3v) is 9.05. The van der Waals surface area contributed by atoms with Gasteiger partial charge in [0.2, 0.25) is 0 Å². The molecule has 8 rings (SSSR count). The number of anilines is 2. The van der Waals surface area contributed by atoms with Crippen LogP contribution >= 0.6 is 0 Å². The molecule has 0 saturated heterocycles. The molecule has 7 aromatic rings. The summed E-state index contributed by atoms with van der Waals surface area (Å²) in [5.41, 5.74) is 12.5. The number of nitrogens with one attached hydrogen (secondary N) is 1. The van der Waals surface area contributed by atoms with E-state index >= 15 is 0 Å². The predicted molar refractivity (Wildman–Crippen MR) is 180 cm³/mol. The molecule has 0 unspecified atom stereocenters. The highest BCUT2D eigenvalue weighted by Gasteiger charge is 2.37. The summed E-state index contributed by atoms with van der Waals surface area (Å²) in [7, 11) is 0. The molecule has 7 aromatic carbocycles. The molecule has 1 nitrogen and oxygen atoms in total. The Labute approximate surface area is 247 Å². The molecule has 0 heterocycles. The third kappa shape index (κ3) is 3.85. The maximum atomic E-state index is 3.75. The fourth-order valence-electron chi connectivity index (χ4n) is 6.89. The van der Waals surface area contributed by atoms with Gasteiger partial charge in [0, 0.05) is 22.4 Å². The topological polar surface area (TPSA) is 12.0 Å². The van der Waals surface area contributed by atoms with Crippen LogP contribution in [0.25, 0.3) is 54.9 Å². The Bertz CT molecular complexity index is 2140. The van der Waals surface area contributed by atoms with Gasteiger partial charge in [0.1, 0.15) is 0 Å². The minimum absolute atomic E-state index is 0.110. The van der Waals surface area contributed by atoms with E-state index in [9.17, 15) is 0 Å². The summed E-state index contributed by atoms with van der Waals surface area (Å²) in [5, 5.41) is 8.91. The molecule has 1 heteroatoms. The van der Waals surface area contributed by atoms with E-state index in [4.69, 9.17) is 0 Å². The van der Waals surface area contributed by atoms with E-state index in [1.807, 2.05) is 0 Å². The van der Waals surface area contributed by atoms with Crippen LogP contribution in [-0.2, 0) is 5.41 Å². The van der Waals surface area contributed by atoms with E-state index in [1.165, 1.54) is 66.1 Å². The van der Waals surface area contributed by atoms with E-state index in [-0.39, 0.29) is 5.41 Å². The lowest BCUT2D eigenvalue weighted by atomic mass is 9.81. The van der Waals surface area contributed by atoms with Crippen molar-refractivity contribution in [3.8, 4) is 33.4 Å². The first kappa shape index (κ1) is 24.6. The van der Waals surface area contributed by atoms with Crippen LogP contribution in [0.5, 0.6) is 0 Å². The summed E-state index contributed by atoms with van der Waals surface area (Å²) < 4.78 is 0. The van der Waals surface area contributed by atoms with Crippen molar-refractivity contribution >= 4 is 32.9 Å². The van der Waals surface area contributed by atoms with Gasteiger partial charge in [0.15, 0.2) is 0 Å². The van der Waals surface area contributed by atoms with Crippen LogP contribution in [0.15, 0.2) is 146 Å². The van der Waals surface area contributed by atoms with Gasteiger partial charge in [-0.1, -0.05) is 135 Å². The molecule has 0 amide bonds. The summed E-state index contributed by atoms with van der Waals surface area (Å²) in [6.45, 7) is 4.72. The third-order valence-electron chi connectivity index (χ3n) is 9.05. The second-order valence-corrected chi connectivity index (χ2v) is 11.9. The second-order valence-electron chi connectivity index (χ2n) is 11.9. The number of fused-ring (bicyclic) bond motifs is 6. The SMILES string of the molecule is CC1(C)c2cc(Nc3ccccc3-c3ccccc3)ccc2-c2c(-c3ccc4ccc5ccccc5c4c3)cccc21. The zero-order valence-electron chi connectivity index (χ0n) is 23.9. The molecule has 200 valence electrons. The maximum absolute atomic E-state index is 3.75. The highest BCUT2D eigenvalue weighted by Crippen LogP contribution is 2.53. The van der Waals surface area contributed by atoms with Gasteiger partial charge in [-0.05, 0) is 84.8 Å². The first-order valence-electron chi connectivity index (χ1n) is 14.7. The van der Waals surface area contributed by atoms with Crippen LogP contribution in [0.1, 0.15) is 25.0 Å². The van der Waals surface area contributed by atoms with Crippen molar-refractivity contribution in [2.75, 3.05) is 5.32 Å². The highest BCUT2D eigenvalue weighted by molar-refractivity contribution is 6.09. The van der Waals surface area contributed by atoms with Gasteiger partial charge in [0.25, 0.3) is 0 Å². The fraction of sp³-hybridized carbons (Fsp3) is 0.0732. The molecular weight excluding hydrogens is 506 g/mol. The van der Waals surface area contributed by atoms with E-state index in [2.05, 4.69) is 165 Å². The van der Waals surface area contributed by atoms with Gasteiger partial charge in [-0.25, -0.2) is 0 Å². The minimum Gasteiger partial charge on any atom is -0.355 e. The highest BCUT2D eigenvalue weighted by atomic mass is 14.9. The van der Waals surface area contributed by atoms with Crippen molar-refractivity contribution < 1.29 is 0 Å². The lowest BCUT2D eigenvalue weighted by molar-refractivity contribution is 0.661. The molecule has 0 saturated carbocycles. The molecule has 1 aliphatic rings. The van der Waals surface area contributed by atoms with E-state index in [0.29, 0.717) is 0 Å². The lowest BCUT2D eigenvalue weighted by Crippen LogP contribution is -2.15. The standard InChI is InChI=1S/C41H31N/c1-41(2)37-17-10-16-34(30-22-21-29-20-19-28-13-6-7-14-32(28)36(29)25-30)40(37)35-24-23-31(26-38(35)41)42-39-18-9-8-15-33(39)27-11-4-3-5-12-27/h3-26,42H,1-2H3. The fourth-order valence-corrected chi connectivity index (χ4v) is 6.89. The smallest absolute Gasteiger partial charge is 0.0463 e. The summed E-state index contributed by atoms with van der Waals surface area (Å²) in [5.74, 6) is 0. The van der Waals surface area contributed by atoms with E-state index in [1.54, 1.807) is 0 Å².